The van der Waals surface area contributed by atoms with E-state index in [2.05, 4.69) is 21.7 Å². The molecule has 1 heterocycles. The number of carbonyl (C=O) groups is 1. The molecule has 0 unspecified atom stereocenters. The number of rotatable bonds is 4. The number of nitrogens with one attached hydrogen (secondary N) is 1. The average Bonchev–Trinajstić information content (AvgIpc) is 2.50. The molecule has 22 heavy (non-hydrogen) atoms. The van der Waals surface area contributed by atoms with E-state index < -0.39 is 11.4 Å². The highest BCUT2D eigenvalue weighted by atomic mass is 16.2. The normalized spacial score (nSPS) is 13.6. The molecule has 0 aliphatic rings. The minimum Gasteiger partial charge on any atom is -0.336 e. The second-order valence-corrected chi connectivity index (χ2v) is 5.59. The molecule has 0 aliphatic carbocycles. The second-order valence-electron chi connectivity index (χ2n) is 5.59. The molecule has 0 fully saturated rings. The van der Waals surface area contributed by atoms with Gasteiger partial charge >= 0.3 is 0 Å². The molecule has 1 atom stereocenters. The molecular weight excluding hydrogens is 282 g/mol. The first-order chi connectivity index (χ1) is 10.4. The van der Waals surface area contributed by atoms with Crippen molar-refractivity contribution in [2.24, 2.45) is 5.92 Å². The third-order valence-electron chi connectivity index (χ3n) is 3.71. The van der Waals surface area contributed by atoms with Gasteiger partial charge in [-0.15, -0.1) is 5.10 Å². The number of carbonyl (C=O) groups excluding carboxylic acids is 1. The first kappa shape index (κ1) is 15.6. The van der Waals surface area contributed by atoms with Gasteiger partial charge in [0.15, 0.2) is 0 Å². The quantitative estimate of drug-likeness (QED) is 0.901. The largest absolute Gasteiger partial charge is 0.336 e. The zero-order valence-corrected chi connectivity index (χ0v) is 12.7. The molecule has 1 aromatic heterocycles. The Hall–Kier alpha value is -2.75. The minimum atomic E-state index is -0.995. The molecule has 1 aromatic carbocycles. The van der Waals surface area contributed by atoms with E-state index in [1.807, 2.05) is 13.8 Å². The molecule has 0 saturated heterocycles. The van der Waals surface area contributed by atoms with Crippen molar-refractivity contribution in [1.82, 2.24) is 20.3 Å². The Labute approximate surface area is 127 Å². The third-order valence-corrected chi connectivity index (χ3v) is 3.71. The standard InChI is InChI=1S/C15H17N5O2/c1-10(2)15(3,9-16)17-13(21)8-20-14(22)11-6-4-5-7-12(11)18-19-20/h4-7,10H,8H2,1-3H3,(H,17,21)/t15-/m0/s1. The lowest BCUT2D eigenvalue weighted by atomic mass is 9.90. The molecule has 2 aromatic rings. The molecule has 7 nitrogen and oxygen atoms in total. The van der Waals surface area contributed by atoms with Crippen LogP contribution in [0.2, 0.25) is 0 Å². The summed E-state index contributed by atoms with van der Waals surface area (Å²) in [6.45, 7) is 5.04. The number of aromatic nitrogens is 3. The van der Waals surface area contributed by atoms with Crippen LogP contribution in [0.1, 0.15) is 20.8 Å². The maximum atomic E-state index is 12.2. The number of nitrogens with zero attached hydrogens (tertiary/aromatic N) is 4. The molecule has 0 bridgehead atoms. The van der Waals surface area contributed by atoms with Crippen molar-refractivity contribution in [2.45, 2.75) is 32.9 Å². The zero-order valence-electron chi connectivity index (χ0n) is 12.7. The van der Waals surface area contributed by atoms with Crippen LogP contribution in [0.3, 0.4) is 0 Å². The van der Waals surface area contributed by atoms with Crippen molar-refractivity contribution < 1.29 is 4.79 Å². The Kier molecular flexibility index (Phi) is 4.22. The summed E-state index contributed by atoms with van der Waals surface area (Å²) in [7, 11) is 0. The molecule has 1 N–H and O–H groups in total. The molecular formula is C15H17N5O2. The van der Waals surface area contributed by atoms with E-state index in [-0.39, 0.29) is 18.0 Å². The van der Waals surface area contributed by atoms with Gasteiger partial charge in [0.25, 0.3) is 5.56 Å². The molecule has 0 saturated carbocycles. The van der Waals surface area contributed by atoms with E-state index >= 15 is 0 Å². The number of hydrogen-bond donors (Lipinski definition) is 1. The van der Waals surface area contributed by atoms with Crippen LogP contribution in [0.5, 0.6) is 0 Å². The van der Waals surface area contributed by atoms with Gasteiger partial charge in [0.2, 0.25) is 5.91 Å². The number of amides is 1. The fourth-order valence-corrected chi connectivity index (χ4v) is 1.89. The fraction of sp³-hybridized carbons (Fsp3) is 0.400. The van der Waals surface area contributed by atoms with Gasteiger partial charge in [-0.1, -0.05) is 31.2 Å². The van der Waals surface area contributed by atoms with Crippen molar-refractivity contribution in [1.29, 1.82) is 5.26 Å². The van der Waals surface area contributed by atoms with Gasteiger partial charge in [0.1, 0.15) is 17.6 Å². The molecule has 114 valence electrons. The van der Waals surface area contributed by atoms with Crippen LogP contribution in [0.4, 0.5) is 0 Å². The van der Waals surface area contributed by atoms with E-state index in [1.165, 1.54) is 0 Å². The highest BCUT2D eigenvalue weighted by Gasteiger charge is 2.30. The summed E-state index contributed by atoms with van der Waals surface area (Å²) in [6, 6.07) is 8.88. The SMILES string of the molecule is CC(C)[C@](C)(C#N)NC(=O)Cn1nnc2ccccc2c1=O. The molecule has 0 spiro atoms. The maximum absolute atomic E-state index is 12.2. The van der Waals surface area contributed by atoms with Gasteiger partial charge in [-0.3, -0.25) is 9.59 Å². The summed E-state index contributed by atoms with van der Waals surface area (Å²) in [5, 5.41) is 19.9. The van der Waals surface area contributed by atoms with E-state index in [0.717, 1.165) is 4.68 Å². The van der Waals surface area contributed by atoms with Crippen molar-refractivity contribution in [3.63, 3.8) is 0 Å². The number of hydrogen-bond acceptors (Lipinski definition) is 5. The van der Waals surface area contributed by atoms with Gasteiger partial charge in [-0.05, 0) is 25.0 Å². The first-order valence-corrected chi connectivity index (χ1v) is 6.92. The number of benzene rings is 1. The Morgan fingerprint density at radius 3 is 2.77 bits per heavy atom. The van der Waals surface area contributed by atoms with Gasteiger partial charge < -0.3 is 5.32 Å². The predicted molar refractivity (Wildman–Crippen MR) is 80.8 cm³/mol. The molecule has 0 aliphatic heterocycles. The predicted octanol–water partition coefficient (Wildman–Crippen LogP) is 0.846. The van der Waals surface area contributed by atoms with Crippen molar-refractivity contribution in [3.05, 3.63) is 34.6 Å². The van der Waals surface area contributed by atoms with Crippen molar-refractivity contribution >= 4 is 16.8 Å². The van der Waals surface area contributed by atoms with Gasteiger partial charge in [0, 0.05) is 0 Å². The average molecular weight is 299 g/mol. The molecule has 1 amide bonds. The first-order valence-electron chi connectivity index (χ1n) is 6.92. The van der Waals surface area contributed by atoms with E-state index in [0.29, 0.717) is 10.9 Å². The zero-order chi connectivity index (χ0) is 16.3. The monoisotopic (exact) mass is 299 g/mol. The van der Waals surface area contributed by atoms with Crippen LogP contribution in [0.15, 0.2) is 29.1 Å². The summed E-state index contributed by atoms with van der Waals surface area (Å²) in [4.78, 5) is 24.3. The number of nitriles is 1. The van der Waals surface area contributed by atoms with Crippen LogP contribution in [-0.4, -0.2) is 26.4 Å². The van der Waals surface area contributed by atoms with E-state index in [1.54, 1.807) is 31.2 Å². The van der Waals surface area contributed by atoms with Gasteiger partial charge in [0.05, 0.1) is 11.5 Å². The summed E-state index contributed by atoms with van der Waals surface area (Å²) in [5.74, 6) is -0.523. The summed E-state index contributed by atoms with van der Waals surface area (Å²) in [6.07, 6.45) is 0. The second kappa shape index (κ2) is 5.93. The summed E-state index contributed by atoms with van der Waals surface area (Å²) < 4.78 is 0.996. The van der Waals surface area contributed by atoms with Crippen LogP contribution >= 0.6 is 0 Å². The topological polar surface area (TPSA) is 101 Å². The van der Waals surface area contributed by atoms with Crippen LogP contribution in [0.25, 0.3) is 10.9 Å². The lowest BCUT2D eigenvalue weighted by molar-refractivity contribution is -0.123. The van der Waals surface area contributed by atoms with Crippen molar-refractivity contribution in [2.75, 3.05) is 0 Å². The summed E-state index contributed by atoms with van der Waals surface area (Å²) in [5.41, 5.74) is -0.900. The highest BCUT2D eigenvalue weighted by Crippen LogP contribution is 2.14. The Morgan fingerprint density at radius 2 is 2.14 bits per heavy atom. The number of fused-ring (bicyclic) bond motifs is 1. The van der Waals surface area contributed by atoms with Gasteiger partial charge in [-0.2, -0.15) is 5.26 Å². The van der Waals surface area contributed by atoms with Crippen LogP contribution in [0, 0.1) is 17.2 Å². The highest BCUT2D eigenvalue weighted by molar-refractivity contribution is 5.79. The molecule has 0 radical (unpaired) electrons. The summed E-state index contributed by atoms with van der Waals surface area (Å²) >= 11 is 0. The Bertz CT molecular complexity index is 805. The Morgan fingerprint density at radius 1 is 1.45 bits per heavy atom. The molecule has 2 rings (SSSR count). The molecule has 7 heteroatoms. The Balaban J connectivity index is 2.25. The maximum Gasteiger partial charge on any atom is 0.278 e. The smallest absolute Gasteiger partial charge is 0.278 e. The lowest BCUT2D eigenvalue weighted by Crippen LogP contribution is -2.50. The minimum absolute atomic E-state index is 0.0686. The van der Waals surface area contributed by atoms with E-state index in [9.17, 15) is 14.9 Å². The van der Waals surface area contributed by atoms with Crippen LogP contribution in [-0.2, 0) is 11.3 Å². The van der Waals surface area contributed by atoms with E-state index in [4.69, 9.17) is 0 Å². The fourth-order valence-electron chi connectivity index (χ4n) is 1.89. The third kappa shape index (κ3) is 2.96. The van der Waals surface area contributed by atoms with Crippen LogP contribution < -0.4 is 10.9 Å². The van der Waals surface area contributed by atoms with Crippen molar-refractivity contribution in [3.8, 4) is 6.07 Å². The lowest BCUT2D eigenvalue weighted by Gasteiger charge is -2.27. The van der Waals surface area contributed by atoms with Gasteiger partial charge in [-0.25, -0.2) is 4.68 Å².